The molecule has 0 radical (unpaired) electrons. The quantitative estimate of drug-likeness (QED) is 0.624. The summed E-state index contributed by atoms with van der Waals surface area (Å²) >= 11 is 1.21. The Morgan fingerprint density at radius 2 is 1.86 bits per heavy atom. The summed E-state index contributed by atoms with van der Waals surface area (Å²) in [6.07, 6.45) is 9.16. The molecule has 3 fully saturated rings. The van der Waals surface area contributed by atoms with Crippen LogP contribution in [-0.4, -0.2) is 28.2 Å². The molecule has 5 heteroatoms. The van der Waals surface area contributed by atoms with Gasteiger partial charge in [0.1, 0.15) is 6.10 Å². The number of rotatable bonds is 2. The number of fused-ring (bicyclic) bond motifs is 5. The van der Waals surface area contributed by atoms with Crippen LogP contribution in [0.25, 0.3) is 0 Å². The molecular formula is C23H32O4S. The highest BCUT2D eigenvalue weighted by atomic mass is 32.2. The molecule has 0 aliphatic heterocycles. The van der Waals surface area contributed by atoms with Crippen molar-refractivity contribution in [3.8, 4) is 0 Å². The molecule has 28 heavy (non-hydrogen) atoms. The standard InChI is InChI=1S/C23H32O4S/c1-13(24)27-21-8-7-17-16-6-5-15-11-19(26)20(28-14(2)25)12-23(15,4)18(16)9-10-22(17,21)3/h11,16-18,20-21H,5-10,12H2,1-4H3. The van der Waals surface area contributed by atoms with E-state index in [0.717, 1.165) is 44.9 Å². The molecule has 0 aromatic heterocycles. The average molecular weight is 405 g/mol. The molecule has 4 aliphatic rings. The Labute approximate surface area is 172 Å². The number of hydrogen-bond donors (Lipinski definition) is 0. The summed E-state index contributed by atoms with van der Waals surface area (Å²) in [5, 5.41) is -0.196. The second-order valence-corrected chi connectivity index (χ2v) is 11.3. The van der Waals surface area contributed by atoms with Crippen molar-refractivity contribution in [2.24, 2.45) is 28.6 Å². The third-order valence-electron chi connectivity index (χ3n) is 8.51. The van der Waals surface area contributed by atoms with Crippen LogP contribution in [0, 0.1) is 28.6 Å². The predicted octanol–water partition coefficient (Wildman–Crippen LogP) is 4.71. The number of carbonyl (C=O) groups is 3. The van der Waals surface area contributed by atoms with Crippen molar-refractivity contribution in [2.45, 2.75) is 84.0 Å². The number of carbonyl (C=O) groups excluding carboxylic acids is 3. The van der Waals surface area contributed by atoms with Crippen molar-refractivity contribution in [3.05, 3.63) is 11.6 Å². The first-order chi connectivity index (χ1) is 13.1. The molecule has 0 spiro atoms. The smallest absolute Gasteiger partial charge is 0.302 e. The molecule has 4 nitrogen and oxygen atoms in total. The molecule has 0 aromatic rings. The lowest BCUT2D eigenvalue weighted by Gasteiger charge is -2.58. The number of ether oxygens (including phenoxy) is 1. The lowest BCUT2D eigenvalue weighted by Crippen LogP contribution is -2.53. The van der Waals surface area contributed by atoms with Crippen LogP contribution in [0.3, 0.4) is 0 Å². The molecule has 0 bridgehead atoms. The van der Waals surface area contributed by atoms with Crippen molar-refractivity contribution in [1.82, 2.24) is 0 Å². The van der Waals surface area contributed by atoms with Crippen LogP contribution >= 0.6 is 11.8 Å². The first-order valence-corrected chi connectivity index (χ1v) is 11.6. The Balaban J connectivity index is 1.61. The minimum absolute atomic E-state index is 0.0186. The van der Waals surface area contributed by atoms with Gasteiger partial charge in [-0.3, -0.25) is 14.4 Å². The van der Waals surface area contributed by atoms with Gasteiger partial charge in [-0.25, -0.2) is 0 Å². The third-order valence-corrected chi connectivity index (χ3v) is 9.52. The third kappa shape index (κ3) is 3.09. The van der Waals surface area contributed by atoms with Crippen LogP contribution in [0.2, 0.25) is 0 Å². The van der Waals surface area contributed by atoms with E-state index >= 15 is 0 Å². The molecular weight excluding hydrogens is 372 g/mol. The summed E-state index contributed by atoms with van der Waals surface area (Å²) in [4.78, 5) is 35.8. The van der Waals surface area contributed by atoms with Crippen LogP contribution in [-0.2, 0) is 19.1 Å². The summed E-state index contributed by atoms with van der Waals surface area (Å²) in [6.45, 7) is 7.76. The van der Waals surface area contributed by atoms with E-state index in [1.807, 2.05) is 6.08 Å². The summed E-state index contributed by atoms with van der Waals surface area (Å²) in [5.74, 6) is 1.74. The van der Waals surface area contributed by atoms with E-state index in [9.17, 15) is 14.4 Å². The maximum absolute atomic E-state index is 12.6. The summed E-state index contributed by atoms with van der Waals surface area (Å²) in [6, 6.07) is 0. The Hall–Kier alpha value is -1.10. The number of esters is 1. The fraction of sp³-hybridized carbons (Fsp3) is 0.783. The topological polar surface area (TPSA) is 60.4 Å². The van der Waals surface area contributed by atoms with E-state index in [1.54, 1.807) is 6.92 Å². The highest BCUT2D eigenvalue weighted by molar-refractivity contribution is 8.14. The predicted molar refractivity (Wildman–Crippen MR) is 110 cm³/mol. The first-order valence-electron chi connectivity index (χ1n) is 10.7. The molecule has 154 valence electrons. The lowest BCUT2D eigenvalue weighted by atomic mass is 9.47. The van der Waals surface area contributed by atoms with Gasteiger partial charge in [0, 0.05) is 19.3 Å². The Morgan fingerprint density at radius 3 is 2.54 bits per heavy atom. The lowest BCUT2D eigenvalue weighted by molar-refractivity contribution is -0.157. The van der Waals surface area contributed by atoms with Gasteiger partial charge in [0.15, 0.2) is 10.9 Å². The number of thioether (sulfide) groups is 1. The van der Waals surface area contributed by atoms with Gasteiger partial charge < -0.3 is 4.74 Å². The Bertz CT molecular complexity index is 743. The molecule has 3 saturated carbocycles. The van der Waals surface area contributed by atoms with Crippen molar-refractivity contribution in [3.63, 3.8) is 0 Å². The molecule has 0 heterocycles. The highest BCUT2D eigenvalue weighted by Crippen LogP contribution is 2.66. The summed E-state index contributed by atoms with van der Waals surface area (Å²) < 4.78 is 5.73. The van der Waals surface area contributed by atoms with Crippen molar-refractivity contribution < 1.29 is 19.1 Å². The van der Waals surface area contributed by atoms with Crippen molar-refractivity contribution >= 4 is 28.6 Å². The van der Waals surface area contributed by atoms with Gasteiger partial charge in [-0.1, -0.05) is 31.2 Å². The number of allylic oxidation sites excluding steroid dienone is 1. The molecule has 4 rings (SSSR count). The minimum Gasteiger partial charge on any atom is -0.462 e. The van der Waals surface area contributed by atoms with Gasteiger partial charge in [-0.05, 0) is 74.2 Å². The van der Waals surface area contributed by atoms with Crippen LogP contribution in [0.5, 0.6) is 0 Å². The molecule has 0 amide bonds. The van der Waals surface area contributed by atoms with Gasteiger partial charge >= 0.3 is 5.97 Å². The van der Waals surface area contributed by atoms with E-state index in [0.29, 0.717) is 17.8 Å². The molecule has 0 aromatic carbocycles. The molecule has 0 N–H and O–H groups in total. The summed E-state index contributed by atoms with van der Waals surface area (Å²) in [7, 11) is 0. The van der Waals surface area contributed by atoms with Crippen LogP contribution in [0.4, 0.5) is 0 Å². The summed E-state index contributed by atoms with van der Waals surface area (Å²) in [5.41, 5.74) is 1.42. The maximum atomic E-state index is 12.6. The molecule has 7 unspecified atom stereocenters. The van der Waals surface area contributed by atoms with Crippen molar-refractivity contribution in [1.29, 1.82) is 0 Å². The largest absolute Gasteiger partial charge is 0.462 e. The second kappa shape index (κ2) is 7.00. The number of ketones is 1. The second-order valence-electron chi connectivity index (χ2n) is 9.93. The fourth-order valence-corrected chi connectivity index (χ4v) is 8.26. The van der Waals surface area contributed by atoms with E-state index < -0.39 is 0 Å². The van der Waals surface area contributed by atoms with E-state index in [2.05, 4.69) is 13.8 Å². The first kappa shape index (κ1) is 20.2. The molecule has 0 saturated heterocycles. The minimum atomic E-state index is -0.226. The van der Waals surface area contributed by atoms with E-state index in [-0.39, 0.29) is 39.1 Å². The fourth-order valence-electron chi connectivity index (χ4n) is 7.24. The maximum Gasteiger partial charge on any atom is 0.302 e. The SMILES string of the molecule is CC(=O)OC1CCC2C3CCC4=CC(=O)C(SC(C)=O)CC4(C)C3CCC12C. The van der Waals surface area contributed by atoms with Gasteiger partial charge in [0.05, 0.1) is 5.25 Å². The molecule has 4 aliphatic carbocycles. The zero-order valence-electron chi connectivity index (χ0n) is 17.5. The average Bonchev–Trinajstić information content (AvgIpc) is 2.92. The van der Waals surface area contributed by atoms with Gasteiger partial charge in [-0.2, -0.15) is 0 Å². The zero-order chi connectivity index (χ0) is 20.3. The normalized spacial score (nSPS) is 44.8. The molecule has 7 atom stereocenters. The van der Waals surface area contributed by atoms with E-state index in [4.69, 9.17) is 4.74 Å². The Kier molecular flexibility index (Phi) is 5.05. The van der Waals surface area contributed by atoms with Gasteiger partial charge in [-0.15, -0.1) is 0 Å². The zero-order valence-corrected chi connectivity index (χ0v) is 18.3. The van der Waals surface area contributed by atoms with Gasteiger partial charge in [0.2, 0.25) is 0 Å². The number of hydrogen-bond acceptors (Lipinski definition) is 5. The van der Waals surface area contributed by atoms with E-state index in [1.165, 1.54) is 24.3 Å². The van der Waals surface area contributed by atoms with Crippen LogP contribution in [0.1, 0.15) is 72.6 Å². The highest BCUT2D eigenvalue weighted by Gasteiger charge is 2.60. The van der Waals surface area contributed by atoms with Gasteiger partial charge in [0.25, 0.3) is 0 Å². The van der Waals surface area contributed by atoms with Crippen LogP contribution in [0.15, 0.2) is 11.6 Å². The van der Waals surface area contributed by atoms with Crippen molar-refractivity contribution in [2.75, 3.05) is 0 Å². The van der Waals surface area contributed by atoms with Crippen LogP contribution < -0.4 is 0 Å². The monoisotopic (exact) mass is 404 g/mol. The Morgan fingerprint density at radius 1 is 1.11 bits per heavy atom.